The molecule has 3 rings (SSSR count). The second-order valence-electron chi connectivity index (χ2n) is 6.09. The second-order valence-corrected chi connectivity index (χ2v) is 7.12. The van der Waals surface area contributed by atoms with Crippen molar-refractivity contribution in [2.45, 2.75) is 13.8 Å². The van der Waals surface area contributed by atoms with Crippen LogP contribution in [0.3, 0.4) is 0 Å². The lowest BCUT2D eigenvalue weighted by molar-refractivity contribution is -0.135. The predicted octanol–water partition coefficient (Wildman–Crippen LogP) is 4.81. The van der Waals surface area contributed by atoms with Gasteiger partial charge in [0.05, 0.1) is 17.7 Å². The van der Waals surface area contributed by atoms with Gasteiger partial charge in [0.1, 0.15) is 22.1 Å². The fourth-order valence-electron chi connectivity index (χ4n) is 2.57. The number of phenolic OH excluding ortho intramolecular Hbond substituents is 1. The number of esters is 1. The van der Waals surface area contributed by atoms with E-state index in [2.05, 4.69) is 4.99 Å². The molecule has 2 N–H and O–H groups in total. The summed E-state index contributed by atoms with van der Waals surface area (Å²) >= 11 is 1.15. The molecule has 0 unspecified atom stereocenters. The first-order chi connectivity index (χ1) is 12.9. The van der Waals surface area contributed by atoms with Gasteiger partial charge in [-0.1, -0.05) is 47.7 Å². The Morgan fingerprint density at radius 2 is 1.81 bits per heavy atom. The van der Waals surface area contributed by atoms with Crippen molar-refractivity contribution in [1.82, 2.24) is 0 Å². The number of aliphatic hydroxyl groups excluding tert-OH is 1. The Kier molecular flexibility index (Phi) is 5.37. The van der Waals surface area contributed by atoms with E-state index >= 15 is 0 Å². The summed E-state index contributed by atoms with van der Waals surface area (Å²) in [4.78, 5) is 17.1. The first-order valence-corrected chi connectivity index (χ1v) is 9.08. The summed E-state index contributed by atoms with van der Waals surface area (Å²) in [5.74, 6) is -0.747. The Morgan fingerprint density at radius 1 is 1.11 bits per heavy atom. The van der Waals surface area contributed by atoms with Crippen LogP contribution in [0.15, 0.2) is 63.7 Å². The second kappa shape index (κ2) is 7.72. The van der Waals surface area contributed by atoms with Crippen LogP contribution in [0, 0.1) is 13.8 Å². The topological polar surface area (TPSA) is 79.1 Å². The van der Waals surface area contributed by atoms with Crippen molar-refractivity contribution in [3.63, 3.8) is 0 Å². The number of hydrogen-bond donors (Lipinski definition) is 2. The molecule has 0 saturated heterocycles. The van der Waals surface area contributed by atoms with Gasteiger partial charge >= 0.3 is 5.97 Å². The van der Waals surface area contributed by atoms with E-state index in [0.717, 1.165) is 22.9 Å². The number of carbonyl (C=O) groups excluding carboxylic acids is 1. The highest BCUT2D eigenvalue weighted by Gasteiger charge is 2.33. The number of thioether (sulfide) groups is 1. The van der Waals surface area contributed by atoms with Crippen LogP contribution >= 0.6 is 11.8 Å². The average Bonchev–Trinajstić information content (AvgIpc) is 2.95. The Hall–Kier alpha value is -2.99. The van der Waals surface area contributed by atoms with Gasteiger partial charge in [-0.3, -0.25) is 0 Å². The fraction of sp³-hybridized carbons (Fsp3) is 0.143. The maximum atomic E-state index is 12.2. The summed E-state index contributed by atoms with van der Waals surface area (Å²) in [6, 6.07) is 12.8. The van der Waals surface area contributed by atoms with Crippen LogP contribution in [0.5, 0.6) is 5.75 Å². The molecule has 1 aliphatic heterocycles. The number of carbonyl (C=O) groups is 1. The van der Waals surface area contributed by atoms with Crippen LogP contribution in [-0.2, 0) is 9.53 Å². The van der Waals surface area contributed by atoms with Gasteiger partial charge in [-0.05, 0) is 37.6 Å². The molecule has 0 atom stereocenters. The van der Waals surface area contributed by atoms with Gasteiger partial charge < -0.3 is 14.9 Å². The Bertz CT molecular complexity index is 988. The van der Waals surface area contributed by atoms with E-state index in [1.807, 2.05) is 37.3 Å². The number of para-hydroxylation sites is 1. The Labute approximate surface area is 161 Å². The largest absolute Gasteiger partial charge is 0.507 e. The summed E-state index contributed by atoms with van der Waals surface area (Å²) in [7, 11) is 1.25. The van der Waals surface area contributed by atoms with E-state index in [4.69, 9.17) is 4.74 Å². The van der Waals surface area contributed by atoms with Gasteiger partial charge in [0, 0.05) is 5.56 Å². The molecular weight excluding hydrogens is 362 g/mol. The van der Waals surface area contributed by atoms with E-state index in [9.17, 15) is 15.0 Å². The number of aliphatic hydroxyl groups is 1. The highest BCUT2D eigenvalue weighted by molar-refractivity contribution is 8.18. The summed E-state index contributed by atoms with van der Waals surface area (Å²) < 4.78 is 4.81. The van der Waals surface area contributed by atoms with Gasteiger partial charge in [0.25, 0.3) is 0 Å². The van der Waals surface area contributed by atoms with Crippen LogP contribution in [0.2, 0.25) is 0 Å². The lowest BCUT2D eigenvalue weighted by Gasteiger charge is -2.04. The molecule has 0 radical (unpaired) electrons. The van der Waals surface area contributed by atoms with Crippen LogP contribution in [0.25, 0.3) is 6.08 Å². The molecule has 0 bridgehead atoms. The fourth-order valence-corrected chi connectivity index (χ4v) is 3.59. The number of methoxy groups -OCH3 is 1. The zero-order valence-corrected chi connectivity index (χ0v) is 16.0. The maximum absolute atomic E-state index is 12.2. The number of nitrogens with zero attached hydrogens (tertiary/aromatic N) is 1. The van der Waals surface area contributed by atoms with Crippen molar-refractivity contribution in [1.29, 1.82) is 0 Å². The molecule has 1 aliphatic rings. The van der Waals surface area contributed by atoms with E-state index < -0.39 is 5.97 Å². The third-order valence-electron chi connectivity index (χ3n) is 4.10. The van der Waals surface area contributed by atoms with Gasteiger partial charge in [-0.2, -0.15) is 0 Å². The standard InChI is InChI=1S/C21H19NO4S/c1-12-7-9-15(10-8-12)22-20-17(21(25)26-3)19(24)16(27-20)11-14-6-4-5-13(2)18(14)23/h4-11,23-24H,1-3H3. The Balaban J connectivity index is 2.07. The van der Waals surface area contributed by atoms with E-state index in [1.165, 1.54) is 7.11 Å². The molecule has 0 aliphatic carbocycles. The predicted molar refractivity (Wildman–Crippen MR) is 108 cm³/mol. The molecule has 0 amide bonds. The van der Waals surface area contributed by atoms with Crippen LogP contribution < -0.4 is 0 Å². The summed E-state index contributed by atoms with van der Waals surface area (Å²) in [6.45, 7) is 3.76. The lowest BCUT2D eigenvalue weighted by Crippen LogP contribution is -2.10. The molecule has 2 aromatic carbocycles. The molecule has 0 spiro atoms. The molecule has 1 heterocycles. The zero-order chi connectivity index (χ0) is 19.6. The number of aryl methyl sites for hydroxylation is 2. The Morgan fingerprint density at radius 3 is 2.48 bits per heavy atom. The molecule has 2 aromatic rings. The normalized spacial score (nSPS) is 17.0. The van der Waals surface area contributed by atoms with Crippen LogP contribution in [0.4, 0.5) is 5.69 Å². The maximum Gasteiger partial charge on any atom is 0.344 e. The number of phenols is 1. The molecule has 138 valence electrons. The summed E-state index contributed by atoms with van der Waals surface area (Å²) in [5.41, 5.74) is 3.04. The molecule has 27 heavy (non-hydrogen) atoms. The zero-order valence-electron chi connectivity index (χ0n) is 15.2. The van der Waals surface area contributed by atoms with E-state index in [1.54, 1.807) is 25.1 Å². The monoisotopic (exact) mass is 381 g/mol. The number of ether oxygens (including phenoxy) is 1. The van der Waals surface area contributed by atoms with Crippen molar-refractivity contribution in [3.05, 3.63) is 75.4 Å². The number of rotatable bonds is 3. The van der Waals surface area contributed by atoms with Crippen LogP contribution in [0.1, 0.15) is 16.7 Å². The van der Waals surface area contributed by atoms with Gasteiger partial charge in [-0.25, -0.2) is 9.79 Å². The van der Waals surface area contributed by atoms with Gasteiger partial charge in [0.2, 0.25) is 0 Å². The van der Waals surface area contributed by atoms with Crippen molar-refractivity contribution in [2.24, 2.45) is 4.99 Å². The molecule has 0 fully saturated rings. The summed E-state index contributed by atoms with van der Waals surface area (Å²) in [6.07, 6.45) is 1.63. The minimum Gasteiger partial charge on any atom is -0.507 e. The third-order valence-corrected chi connectivity index (χ3v) is 5.12. The minimum atomic E-state index is -0.664. The molecule has 6 heteroatoms. The van der Waals surface area contributed by atoms with Crippen LogP contribution in [-0.4, -0.2) is 28.3 Å². The van der Waals surface area contributed by atoms with Gasteiger partial charge in [0.15, 0.2) is 0 Å². The van der Waals surface area contributed by atoms with Crippen molar-refractivity contribution < 1.29 is 19.7 Å². The first kappa shape index (κ1) is 18.8. The molecule has 5 nitrogen and oxygen atoms in total. The first-order valence-electron chi connectivity index (χ1n) is 8.26. The quantitative estimate of drug-likeness (QED) is 0.746. The minimum absolute atomic E-state index is 0.0152. The number of aromatic hydroxyl groups is 1. The average molecular weight is 381 g/mol. The SMILES string of the molecule is COC(=O)C1=C(O)C(=Cc2cccc(C)c2O)SC1=Nc1ccc(C)cc1. The lowest BCUT2D eigenvalue weighted by atomic mass is 10.1. The van der Waals surface area contributed by atoms with Crippen molar-refractivity contribution in [2.75, 3.05) is 7.11 Å². The van der Waals surface area contributed by atoms with Crippen molar-refractivity contribution >= 4 is 34.5 Å². The summed E-state index contributed by atoms with van der Waals surface area (Å²) in [5, 5.41) is 21.2. The smallest absolute Gasteiger partial charge is 0.344 e. The third kappa shape index (κ3) is 3.90. The number of benzene rings is 2. The molecule has 0 aromatic heterocycles. The van der Waals surface area contributed by atoms with Gasteiger partial charge in [-0.15, -0.1) is 0 Å². The van der Waals surface area contributed by atoms with E-state index in [-0.39, 0.29) is 17.1 Å². The van der Waals surface area contributed by atoms with Crippen molar-refractivity contribution in [3.8, 4) is 5.75 Å². The highest BCUT2D eigenvalue weighted by atomic mass is 32.2. The molecular formula is C21H19NO4S. The number of hydrogen-bond acceptors (Lipinski definition) is 6. The highest BCUT2D eigenvalue weighted by Crippen LogP contribution is 2.41. The number of aliphatic imine (C=N–C) groups is 1. The van der Waals surface area contributed by atoms with E-state index in [0.29, 0.717) is 21.2 Å². The molecule has 0 saturated carbocycles.